The zero-order chi connectivity index (χ0) is 19.1. The minimum atomic E-state index is -1.57. The van der Waals surface area contributed by atoms with E-state index in [1.54, 1.807) is 31.2 Å². The summed E-state index contributed by atoms with van der Waals surface area (Å²) in [4.78, 5) is 50.9. The van der Waals surface area contributed by atoms with E-state index in [0.29, 0.717) is 5.69 Å². The molecular weight excluding hydrogens is 338 g/mol. The van der Waals surface area contributed by atoms with Gasteiger partial charge in [-0.2, -0.15) is 0 Å². The fraction of sp³-hybridized carbons (Fsp3) is 0.333. The van der Waals surface area contributed by atoms with Crippen LogP contribution in [0.15, 0.2) is 36.0 Å². The van der Waals surface area contributed by atoms with E-state index in [9.17, 15) is 19.2 Å². The maximum atomic E-state index is 13.1. The van der Waals surface area contributed by atoms with Crippen molar-refractivity contribution in [3.63, 3.8) is 0 Å². The third-order valence-corrected chi connectivity index (χ3v) is 4.36. The molecule has 1 fully saturated rings. The van der Waals surface area contributed by atoms with Crippen molar-refractivity contribution >= 4 is 29.4 Å². The first-order chi connectivity index (χ1) is 12.3. The minimum Gasteiger partial charge on any atom is -0.461 e. The van der Waals surface area contributed by atoms with Crippen LogP contribution in [0.4, 0.5) is 5.69 Å². The number of hydrazine groups is 1. The topological polar surface area (TPSA) is 96.0 Å². The van der Waals surface area contributed by atoms with Gasteiger partial charge in [0.1, 0.15) is 5.70 Å². The molecule has 3 amide bonds. The molecule has 1 atom stereocenters. The van der Waals surface area contributed by atoms with Gasteiger partial charge in [-0.3, -0.25) is 19.8 Å². The maximum Gasteiger partial charge on any atom is 0.355 e. The number of rotatable bonds is 3. The Morgan fingerprint density at radius 1 is 1.23 bits per heavy atom. The highest BCUT2D eigenvalue weighted by atomic mass is 16.5. The Labute approximate surface area is 150 Å². The molecule has 1 aromatic rings. The number of esters is 1. The summed E-state index contributed by atoms with van der Waals surface area (Å²) in [5.41, 5.74) is 2.41. The molecule has 0 aliphatic carbocycles. The summed E-state index contributed by atoms with van der Waals surface area (Å²) in [6.07, 6.45) is 1.05. The van der Waals surface area contributed by atoms with Gasteiger partial charge in [-0.05, 0) is 32.1 Å². The van der Waals surface area contributed by atoms with Crippen LogP contribution in [0.3, 0.4) is 0 Å². The van der Waals surface area contributed by atoms with Gasteiger partial charge in [0.25, 0.3) is 5.91 Å². The van der Waals surface area contributed by atoms with Crippen LogP contribution >= 0.6 is 0 Å². The molecule has 1 aromatic carbocycles. The number of hydrogen-bond acceptors (Lipinski definition) is 6. The maximum absolute atomic E-state index is 13.1. The SMILES string of the molecule is CCOC(=O)C1=C[C@@]2(CC(=O)N(c3ccc(C)cc3)C2=O)N(C(C)=O)N1. The van der Waals surface area contributed by atoms with Gasteiger partial charge in [0.05, 0.1) is 18.7 Å². The lowest BCUT2D eigenvalue weighted by Gasteiger charge is -2.30. The van der Waals surface area contributed by atoms with Crippen molar-refractivity contribution in [2.24, 2.45) is 0 Å². The van der Waals surface area contributed by atoms with Crippen molar-refractivity contribution in [3.8, 4) is 0 Å². The fourth-order valence-corrected chi connectivity index (χ4v) is 3.16. The fourth-order valence-electron chi connectivity index (χ4n) is 3.16. The number of nitrogens with zero attached hydrogens (tertiary/aromatic N) is 2. The van der Waals surface area contributed by atoms with Gasteiger partial charge in [0, 0.05) is 6.92 Å². The smallest absolute Gasteiger partial charge is 0.355 e. The van der Waals surface area contributed by atoms with Crippen LogP contribution in [-0.4, -0.2) is 40.8 Å². The largest absolute Gasteiger partial charge is 0.461 e. The Morgan fingerprint density at radius 2 is 1.88 bits per heavy atom. The Balaban J connectivity index is 2.02. The predicted molar refractivity (Wildman–Crippen MR) is 91.4 cm³/mol. The first-order valence-electron chi connectivity index (χ1n) is 8.21. The van der Waals surface area contributed by atoms with Crippen LogP contribution in [0, 0.1) is 6.92 Å². The Bertz CT molecular complexity index is 830. The molecule has 2 aliphatic rings. The number of aryl methyl sites for hydroxylation is 1. The standard InChI is InChI=1S/C18H19N3O5/c1-4-26-16(24)14-9-18(21(19-14)12(3)22)10-15(23)20(17(18)25)13-7-5-11(2)6-8-13/h5-9,19H,4,10H2,1-3H3/t18-/m0/s1. The van der Waals surface area contributed by atoms with Crippen molar-refractivity contribution < 1.29 is 23.9 Å². The van der Waals surface area contributed by atoms with E-state index < -0.39 is 29.2 Å². The van der Waals surface area contributed by atoms with Crippen molar-refractivity contribution in [3.05, 3.63) is 41.6 Å². The number of imide groups is 1. The Hall–Kier alpha value is -3.16. The molecule has 0 saturated carbocycles. The van der Waals surface area contributed by atoms with Gasteiger partial charge in [-0.1, -0.05) is 17.7 Å². The summed E-state index contributed by atoms with van der Waals surface area (Å²) >= 11 is 0. The molecule has 2 heterocycles. The van der Waals surface area contributed by atoms with Crippen molar-refractivity contribution in [2.75, 3.05) is 11.5 Å². The summed E-state index contributed by atoms with van der Waals surface area (Å²) < 4.78 is 4.93. The summed E-state index contributed by atoms with van der Waals surface area (Å²) in [6.45, 7) is 4.94. The molecule has 26 heavy (non-hydrogen) atoms. The summed E-state index contributed by atoms with van der Waals surface area (Å²) in [5.74, 6) is -2.22. The Kier molecular flexibility index (Phi) is 4.27. The number of nitrogens with one attached hydrogen (secondary N) is 1. The van der Waals surface area contributed by atoms with Crippen LogP contribution in [0.25, 0.3) is 0 Å². The molecular formula is C18H19N3O5. The number of amides is 3. The second-order valence-corrected chi connectivity index (χ2v) is 6.22. The van der Waals surface area contributed by atoms with Gasteiger partial charge >= 0.3 is 5.97 Å². The lowest BCUT2D eigenvalue weighted by Crippen LogP contribution is -2.56. The molecule has 8 nitrogen and oxygen atoms in total. The molecule has 136 valence electrons. The van der Waals surface area contributed by atoms with Crippen LogP contribution in [-0.2, 0) is 23.9 Å². The number of carbonyl (C=O) groups is 4. The highest BCUT2D eigenvalue weighted by Crippen LogP contribution is 2.38. The predicted octanol–water partition coefficient (Wildman–Crippen LogP) is 0.811. The van der Waals surface area contributed by atoms with E-state index in [-0.39, 0.29) is 18.7 Å². The van der Waals surface area contributed by atoms with E-state index in [2.05, 4.69) is 5.43 Å². The highest BCUT2D eigenvalue weighted by molar-refractivity contribution is 6.26. The quantitative estimate of drug-likeness (QED) is 0.635. The molecule has 0 bridgehead atoms. The second kappa shape index (κ2) is 6.29. The van der Waals surface area contributed by atoms with Gasteiger partial charge in [0.2, 0.25) is 11.8 Å². The average Bonchev–Trinajstić information content (AvgIpc) is 3.08. The van der Waals surface area contributed by atoms with Crippen LogP contribution in [0.1, 0.15) is 25.8 Å². The third kappa shape index (κ3) is 2.63. The average molecular weight is 357 g/mol. The van der Waals surface area contributed by atoms with E-state index >= 15 is 0 Å². The normalized spacial score (nSPS) is 21.9. The van der Waals surface area contributed by atoms with E-state index in [1.165, 1.54) is 13.0 Å². The summed E-state index contributed by atoms with van der Waals surface area (Å²) in [7, 11) is 0. The number of carbonyl (C=O) groups excluding carboxylic acids is 4. The summed E-state index contributed by atoms with van der Waals surface area (Å²) in [5, 5.41) is 1.02. The van der Waals surface area contributed by atoms with Gasteiger partial charge < -0.3 is 4.74 Å². The molecule has 0 radical (unpaired) electrons. The zero-order valence-electron chi connectivity index (χ0n) is 14.7. The second-order valence-electron chi connectivity index (χ2n) is 6.22. The molecule has 1 N–H and O–H groups in total. The highest BCUT2D eigenvalue weighted by Gasteiger charge is 2.59. The van der Waals surface area contributed by atoms with Crippen LogP contribution in [0.5, 0.6) is 0 Å². The van der Waals surface area contributed by atoms with Crippen molar-refractivity contribution in [1.82, 2.24) is 10.4 Å². The van der Waals surface area contributed by atoms with E-state index in [0.717, 1.165) is 15.5 Å². The molecule has 1 saturated heterocycles. The third-order valence-electron chi connectivity index (χ3n) is 4.36. The number of hydrogen-bond donors (Lipinski definition) is 1. The monoisotopic (exact) mass is 357 g/mol. The van der Waals surface area contributed by atoms with E-state index in [4.69, 9.17) is 4.74 Å². The molecule has 0 aromatic heterocycles. The lowest BCUT2D eigenvalue weighted by molar-refractivity contribution is -0.144. The van der Waals surface area contributed by atoms with Crippen molar-refractivity contribution in [2.45, 2.75) is 32.7 Å². The van der Waals surface area contributed by atoms with Crippen molar-refractivity contribution in [1.29, 1.82) is 0 Å². The molecule has 2 aliphatic heterocycles. The van der Waals surface area contributed by atoms with Crippen LogP contribution < -0.4 is 10.3 Å². The van der Waals surface area contributed by atoms with Crippen LogP contribution in [0.2, 0.25) is 0 Å². The first-order valence-corrected chi connectivity index (χ1v) is 8.21. The Morgan fingerprint density at radius 3 is 2.46 bits per heavy atom. The number of benzene rings is 1. The van der Waals surface area contributed by atoms with Gasteiger partial charge in [0.15, 0.2) is 5.54 Å². The molecule has 1 spiro atoms. The molecule has 3 rings (SSSR count). The summed E-state index contributed by atoms with van der Waals surface area (Å²) in [6, 6.07) is 6.91. The molecule has 8 heteroatoms. The lowest BCUT2D eigenvalue weighted by atomic mass is 9.96. The zero-order valence-corrected chi connectivity index (χ0v) is 14.7. The molecule has 0 unspecified atom stereocenters. The van der Waals surface area contributed by atoms with Gasteiger partial charge in [-0.15, -0.1) is 0 Å². The first kappa shape index (κ1) is 17.7. The van der Waals surface area contributed by atoms with Gasteiger partial charge in [-0.25, -0.2) is 14.7 Å². The minimum absolute atomic E-state index is 0.0334. The van der Waals surface area contributed by atoms with E-state index in [1.807, 2.05) is 6.92 Å². The number of anilines is 1. The number of ether oxygens (including phenoxy) is 1.